The second-order valence-electron chi connectivity index (χ2n) is 5.37. The minimum atomic E-state index is -0.108. The lowest BCUT2D eigenvalue weighted by Crippen LogP contribution is -2.22. The van der Waals surface area contributed by atoms with Gasteiger partial charge in [-0.15, -0.1) is 11.3 Å². The fourth-order valence-corrected chi connectivity index (χ4v) is 4.07. The van der Waals surface area contributed by atoms with Crippen molar-refractivity contribution >= 4 is 49.9 Å². The summed E-state index contributed by atoms with van der Waals surface area (Å²) >= 11 is 8.40. The Morgan fingerprint density at radius 1 is 1.40 bits per heavy atom. The fraction of sp³-hybridized carbons (Fsp3) is 0.235. The second-order valence-corrected chi connectivity index (χ2v) is 8.25. The molecular weight excluding hydrogens is 374 g/mol. The van der Waals surface area contributed by atoms with E-state index in [9.17, 15) is 4.79 Å². The van der Waals surface area contributed by atoms with Crippen molar-refractivity contribution in [1.82, 2.24) is 15.3 Å². The number of hydrogen-bond donors (Lipinski definition) is 2. The molecule has 1 aromatic carbocycles. The Morgan fingerprint density at radius 3 is 2.88 bits per heavy atom. The zero-order valence-electron chi connectivity index (χ0n) is 13.8. The van der Waals surface area contributed by atoms with Crippen LogP contribution in [0.15, 0.2) is 35.1 Å². The SMILES string of the molecule is COc1ccc(CSC(=S)NCc2nc3sc(C)cc3c(=O)[nH]2)cc1. The van der Waals surface area contributed by atoms with Gasteiger partial charge < -0.3 is 15.0 Å². The maximum atomic E-state index is 12.1. The molecule has 0 saturated heterocycles. The first-order valence-corrected chi connectivity index (χ1v) is 9.79. The van der Waals surface area contributed by atoms with Gasteiger partial charge >= 0.3 is 0 Å². The summed E-state index contributed by atoms with van der Waals surface area (Å²) in [5.74, 6) is 2.19. The van der Waals surface area contributed by atoms with Gasteiger partial charge in [0.2, 0.25) is 0 Å². The molecule has 0 unspecified atom stereocenters. The summed E-state index contributed by atoms with van der Waals surface area (Å²) in [5.41, 5.74) is 1.06. The number of rotatable bonds is 5. The third-order valence-electron chi connectivity index (χ3n) is 3.50. The van der Waals surface area contributed by atoms with Crippen LogP contribution in [0.25, 0.3) is 10.2 Å². The number of benzene rings is 1. The Hall–Kier alpha value is -1.90. The fourth-order valence-electron chi connectivity index (χ4n) is 2.26. The molecule has 0 spiro atoms. The number of hydrogen-bond acceptors (Lipinski definition) is 6. The molecule has 0 bridgehead atoms. The van der Waals surface area contributed by atoms with Crippen molar-refractivity contribution in [3.63, 3.8) is 0 Å². The summed E-state index contributed by atoms with van der Waals surface area (Å²) in [7, 11) is 1.65. The molecule has 3 rings (SSSR count). The van der Waals surface area contributed by atoms with Gasteiger partial charge in [0.05, 0.1) is 19.0 Å². The first-order chi connectivity index (χ1) is 12.0. The van der Waals surface area contributed by atoms with E-state index in [1.54, 1.807) is 7.11 Å². The summed E-state index contributed by atoms with van der Waals surface area (Å²) in [4.78, 5) is 21.2. The predicted molar refractivity (Wildman–Crippen MR) is 109 cm³/mol. The maximum Gasteiger partial charge on any atom is 0.259 e. The highest BCUT2D eigenvalue weighted by atomic mass is 32.2. The lowest BCUT2D eigenvalue weighted by molar-refractivity contribution is 0.414. The molecule has 2 aromatic heterocycles. The van der Waals surface area contributed by atoms with Gasteiger partial charge in [0.25, 0.3) is 5.56 Å². The number of ether oxygens (including phenoxy) is 1. The van der Waals surface area contributed by atoms with Crippen LogP contribution < -0.4 is 15.6 Å². The van der Waals surface area contributed by atoms with Crippen LogP contribution in [0.4, 0.5) is 0 Å². The Kier molecular flexibility index (Phi) is 5.72. The van der Waals surface area contributed by atoms with E-state index in [1.807, 2.05) is 37.3 Å². The Balaban J connectivity index is 1.55. The van der Waals surface area contributed by atoms with Crippen molar-refractivity contribution in [2.24, 2.45) is 0 Å². The van der Waals surface area contributed by atoms with Crippen molar-refractivity contribution in [1.29, 1.82) is 0 Å². The summed E-state index contributed by atoms with van der Waals surface area (Å²) in [5, 5.41) is 3.77. The van der Waals surface area contributed by atoms with Gasteiger partial charge in [-0.05, 0) is 30.7 Å². The molecule has 2 heterocycles. The van der Waals surface area contributed by atoms with Crippen molar-refractivity contribution in [2.75, 3.05) is 7.11 Å². The molecular formula is C17H17N3O2S3. The summed E-state index contributed by atoms with van der Waals surface area (Å²) in [6.45, 7) is 2.37. The van der Waals surface area contributed by atoms with Crippen molar-refractivity contribution in [3.05, 3.63) is 57.0 Å². The smallest absolute Gasteiger partial charge is 0.259 e. The minimum Gasteiger partial charge on any atom is -0.497 e. The highest BCUT2D eigenvalue weighted by Gasteiger charge is 2.07. The van der Waals surface area contributed by atoms with E-state index in [0.717, 1.165) is 26.8 Å². The van der Waals surface area contributed by atoms with E-state index in [4.69, 9.17) is 17.0 Å². The summed E-state index contributed by atoms with van der Waals surface area (Å²) < 4.78 is 5.81. The number of thiocarbonyl (C=S) groups is 1. The molecule has 5 nitrogen and oxygen atoms in total. The number of nitrogens with one attached hydrogen (secondary N) is 2. The van der Waals surface area contributed by atoms with Crippen LogP contribution in [-0.2, 0) is 12.3 Å². The number of thiophene rings is 1. The zero-order chi connectivity index (χ0) is 17.8. The minimum absolute atomic E-state index is 0.108. The van der Waals surface area contributed by atoms with Crippen LogP contribution in [-0.4, -0.2) is 21.4 Å². The van der Waals surface area contributed by atoms with E-state index >= 15 is 0 Å². The van der Waals surface area contributed by atoms with E-state index in [1.165, 1.54) is 23.1 Å². The molecule has 0 aliphatic rings. The van der Waals surface area contributed by atoms with E-state index in [-0.39, 0.29) is 5.56 Å². The Bertz CT molecular complexity index is 948. The lowest BCUT2D eigenvalue weighted by atomic mass is 10.2. The maximum absolute atomic E-state index is 12.1. The van der Waals surface area contributed by atoms with Crippen molar-refractivity contribution in [2.45, 2.75) is 19.2 Å². The molecule has 2 N–H and O–H groups in total. The van der Waals surface area contributed by atoms with E-state index in [0.29, 0.717) is 22.1 Å². The van der Waals surface area contributed by atoms with Crippen LogP contribution >= 0.6 is 35.3 Å². The quantitative estimate of drug-likeness (QED) is 0.648. The number of thioether (sulfide) groups is 1. The van der Waals surface area contributed by atoms with E-state index < -0.39 is 0 Å². The molecule has 0 aliphatic carbocycles. The summed E-state index contributed by atoms with van der Waals surface area (Å²) in [6.07, 6.45) is 0. The lowest BCUT2D eigenvalue weighted by Gasteiger charge is -2.07. The molecule has 3 aromatic rings. The molecule has 0 fully saturated rings. The van der Waals surface area contributed by atoms with Crippen molar-refractivity contribution < 1.29 is 4.74 Å². The number of aromatic nitrogens is 2. The zero-order valence-corrected chi connectivity index (χ0v) is 16.2. The van der Waals surface area contributed by atoms with Crippen LogP contribution in [0.5, 0.6) is 5.75 Å². The molecule has 130 valence electrons. The van der Waals surface area contributed by atoms with Gasteiger partial charge in [-0.3, -0.25) is 4.79 Å². The Labute approximate surface area is 158 Å². The second kappa shape index (κ2) is 7.99. The van der Waals surface area contributed by atoms with Crippen LogP contribution in [0.1, 0.15) is 16.3 Å². The number of H-pyrrole nitrogens is 1. The van der Waals surface area contributed by atoms with Gasteiger partial charge in [0.1, 0.15) is 20.7 Å². The van der Waals surface area contributed by atoms with Gasteiger partial charge in [-0.25, -0.2) is 4.98 Å². The molecule has 0 saturated carbocycles. The van der Waals surface area contributed by atoms with E-state index in [2.05, 4.69) is 15.3 Å². The average Bonchev–Trinajstić information content (AvgIpc) is 2.99. The van der Waals surface area contributed by atoms with Gasteiger partial charge in [0, 0.05) is 10.6 Å². The van der Waals surface area contributed by atoms with Crippen molar-refractivity contribution in [3.8, 4) is 5.75 Å². The molecule has 0 aliphatic heterocycles. The summed E-state index contributed by atoms with van der Waals surface area (Å²) in [6, 6.07) is 9.75. The normalized spacial score (nSPS) is 10.8. The third kappa shape index (κ3) is 4.59. The van der Waals surface area contributed by atoms with Gasteiger partial charge in [0.15, 0.2) is 0 Å². The number of aryl methyl sites for hydroxylation is 1. The molecule has 8 heteroatoms. The molecule has 25 heavy (non-hydrogen) atoms. The average molecular weight is 392 g/mol. The highest BCUT2D eigenvalue weighted by molar-refractivity contribution is 8.22. The number of aromatic amines is 1. The Morgan fingerprint density at radius 2 is 2.16 bits per heavy atom. The largest absolute Gasteiger partial charge is 0.497 e. The molecule has 0 atom stereocenters. The number of nitrogens with zero attached hydrogens (tertiary/aromatic N) is 1. The van der Waals surface area contributed by atoms with Gasteiger partial charge in [-0.1, -0.05) is 36.1 Å². The first kappa shape index (κ1) is 17.9. The predicted octanol–water partition coefficient (Wildman–Crippen LogP) is 3.61. The first-order valence-electron chi connectivity index (χ1n) is 7.58. The van der Waals surface area contributed by atoms with Crippen LogP contribution in [0.3, 0.4) is 0 Å². The number of methoxy groups -OCH3 is 1. The third-order valence-corrected chi connectivity index (χ3v) is 5.83. The highest BCUT2D eigenvalue weighted by Crippen LogP contribution is 2.20. The molecule has 0 radical (unpaired) electrons. The topological polar surface area (TPSA) is 67.0 Å². The van der Waals surface area contributed by atoms with Crippen LogP contribution in [0, 0.1) is 6.92 Å². The number of fused-ring (bicyclic) bond motifs is 1. The standard InChI is InChI=1S/C17H17N3O2S3/c1-10-7-13-15(21)19-14(20-16(13)25-10)8-18-17(23)24-9-11-3-5-12(22-2)6-4-11/h3-7H,8-9H2,1-2H3,(H,18,23)(H,19,20,21). The monoisotopic (exact) mass is 391 g/mol. The van der Waals surface area contributed by atoms with Crippen LogP contribution in [0.2, 0.25) is 0 Å². The van der Waals surface area contributed by atoms with Gasteiger partial charge in [-0.2, -0.15) is 0 Å². The molecule has 0 amide bonds.